The van der Waals surface area contributed by atoms with Crippen LogP contribution in [0.4, 0.5) is 5.69 Å². The molecular formula is C16H16N2O3. The molecule has 0 aliphatic rings. The van der Waals surface area contributed by atoms with Crippen molar-refractivity contribution in [3.05, 3.63) is 54.1 Å². The number of carbonyl (C=O) groups is 2. The Balaban J connectivity index is 2.11. The normalized spacial score (nSPS) is 9.81. The lowest BCUT2D eigenvalue weighted by molar-refractivity contribution is -0.114. The van der Waals surface area contributed by atoms with E-state index in [9.17, 15) is 9.59 Å². The fraction of sp³-hybridized carbons (Fsp3) is 0.125. The Morgan fingerprint density at radius 3 is 2.33 bits per heavy atom. The van der Waals surface area contributed by atoms with Gasteiger partial charge in [-0.2, -0.15) is 0 Å². The van der Waals surface area contributed by atoms with Crippen molar-refractivity contribution in [2.75, 3.05) is 12.4 Å². The molecule has 0 fully saturated rings. The Labute approximate surface area is 122 Å². The monoisotopic (exact) mass is 284 g/mol. The van der Waals surface area contributed by atoms with Crippen molar-refractivity contribution in [1.29, 1.82) is 0 Å². The lowest BCUT2D eigenvalue weighted by Crippen LogP contribution is -2.17. The maximum Gasteiger partial charge on any atom is 0.251 e. The summed E-state index contributed by atoms with van der Waals surface area (Å²) in [6, 6.07) is 13.9. The molecule has 0 atom stereocenters. The summed E-state index contributed by atoms with van der Waals surface area (Å²) in [4.78, 5) is 22.5. The molecule has 0 aliphatic carbocycles. The maximum absolute atomic E-state index is 11.4. The van der Waals surface area contributed by atoms with Crippen LogP contribution >= 0.6 is 0 Å². The molecule has 0 aromatic heterocycles. The molecule has 5 heteroatoms. The van der Waals surface area contributed by atoms with Gasteiger partial charge in [0.05, 0.1) is 0 Å². The average Bonchev–Trinajstić information content (AvgIpc) is 2.47. The zero-order chi connectivity index (χ0) is 15.2. The molecule has 0 saturated heterocycles. The van der Waals surface area contributed by atoms with Gasteiger partial charge in [-0.05, 0) is 36.4 Å². The predicted octanol–water partition coefficient (Wildman–Crippen LogP) is 2.80. The molecule has 108 valence electrons. The predicted molar refractivity (Wildman–Crippen MR) is 80.7 cm³/mol. The third kappa shape index (κ3) is 4.07. The van der Waals surface area contributed by atoms with Crippen LogP contribution in [0.25, 0.3) is 0 Å². The maximum atomic E-state index is 11.4. The van der Waals surface area contributed by atoms with E-state index in [1.165, 1.54) is 6.92 Å². The summed E-state index contributed by atoms with van der Waals surface area (Å²) >= 11 is 0. The fourth-order valence-corrected chi connectivity index (χ4v) is 1.80. The molecule has 21 heavy (non-hydrogen) atoms. The molecule has 0 bridgehead atoms. The Morgan fingerprint density at radius 1 is 1.00 bits per heavy atom. The van der Waals surface area contributed by atoms with Gasteiger partial charge in [-0.3, -0.25) is 9.59 Å². The first-order chi connectivity index (χ1) is 10.1. The Bertz CT molecular complexity index is 651. The summed E-state index contributed by atoms with van der Waals surface area (Å²) in [5.74, 6) is 0.938. The van der Waals surface area contributed by atoms with Crippen LogP contribution < -0.4 is 15.4 Å². The standard InChI is InChI=1S/C16H16N2O3/c1-11(19)18-13-4-3-5-15(10-13)21-14-8-6-12(7-9-14)16(20)17-2/h3-10H,1-2H3,(H,17,20)(H,18,19). The Hall–Kier alpha value is -2.82. The molecular weight excluding hydrogens is 268 g/mol. The van der Waals surface area contributed by atoms with Gasteiger partial charge in [0, 0.05) is 31.3 Å². The van der Waals surface area contributed by atoms with E-state index in [0.717, 1.165) is 0 Å². The van der Waals surface area contributed by atoms with E-state index in [2.05, 4.69) is 10.6 Å². The van der Waals surface area contributed by atoms with Crippen molar-refractivity contribution in [3.63, 3.8) is 0 Å². The van der Waals surface area contributed by atoms with Crippen LogP contribution in [0.15, 0.2) is 48.5 Å². The second-order valence-corrected chi connectivity index (χ2v) is 4.41. The highest BCUT2D eigenvalue weighted by Gasteiger charge is 2.04. The zero-order valence-corrected chi connectivity index (χ0v) is 11.8. The molecule has 2 amide bonds. The number of rotatable bonds is 4. The summed E-state index contributed by atoms with van der Waals surface area (Å²) in [6.07, 6.45) is 0. The highest BCUT2D eigenvalue weighted by atomic mass is 16.5. The molecule has 2 rings (SSSR count). The highest BCUT2D eigenvalue weighted by Crippen LogP contribution is 2.24. The second kappa shape index (κ2) is 6.56. The van der Waals surface area contributed by atoms with Gasteiger partial charge >= 0.3 is 0 Å². The topological polar surface area (TPSA) is 67.4 Å². The van der Waals surface area contributed by atoms with Gasteiger partial charge in [-0.25, -0.2) is 0 Å². The Morgan fingerprint density at radius 2 is 1.71 bits per heavy atom. The molecule has 0 spiro atoms. The van der Waals surface area contributed by atoms with Gasteiger partial charge in [0.25, 0.3) is 5.91 Å². The lowest BCUT2D eigenvalue weighted by atomic mass is 10.2. The van der Waals surface area contributed by atoms with Gasteiger partial charge in [0.2, 0.25) is 5.91 Å². The quantitative estimate of drug-likeness (QED) is 0.907. The first-order valence-electron chi connectivity index (χ1n) is 6.46. The van der Waals surface area contributed by atoms with E-state index in [1.807, 2.05) is 0 Å². The van der Waals surface area contributed by atoms with E-state index < -0.39 is 0 Å². The minimum absolute atomic E-state index is 0.137. The summed E-state index contributed by atoms with van der Waals surface area (Å²) in [7, 11) is 1.58. The SMILES string of the molecule is CNC(=O)c1ccc(Oc2cccc(NC(C)=O)c2)cc1. The van der Waals surface area contributed by atoms with Crippen molar-refractivity contribution in [2.24, 2.45) is 0 Å². The summed E-state index contributed by atoms with van der Waals surface area (Å²) in [6.45, 7) is 1.45. The number of amides is 2. The summed E-state index contributed by atoms with van der Waals surface area (Å²) in [5, 5.41) is 5.25. The second-order valence-electron chi connectivity index (χ2n) is 4.41. The number of benzene rings is 2. The number of anilines is 1. The Kier molecular flexibility index (Phi) is 4.56. The van der Waals surface area contributed by atoms with Crippen LogP contribution in [0.5, 0.6) is 11.5 Å². The zero-order valence-electron chi connectivity index (χ0n) is 11.8. The number of hydrogen-bond donors (Lipinski definition) is 2. The van der Waals surface area contributed by atoms with Crippen molar-refractivity contribution in [2.45, 2.75) is 6.92 Å². The van der Waals surface area contributed by atoms with Gasteiger partial charge < -0.3 is 15.4 Å². The molecule has 2 aromatic carbocycles. The first kappa shape index (κ1) is 14.6. The minimum Gasteiger partial charge on any atom is -0.457 e. The molecule has 2 aromatic rings. The van der Waals surface area contributed by atoms with Crippen LogP contribution in [-0.2, 0) is 4.79 Å². The first-order valence-corrected chi connectivity index (χ1v) is 6.46. The van der Waals surface area contributed by atoms with Crippen molar-refractivity contribution >= 4 is 17.5 Å². The van der Waals surface area contributed by atoms with Crippen molar-refractivity contribution < 1.29 is 14.3 Å². The highest BCUT2D eigenvalue weighted by molar-refractivity contribution is 5.94. The number of carbonyl (C=O) groups excluding carboxylic acids is 2. The van der Waals surface area contributed by atoms with Gasteiger partial charge in [0.1, 0.15) is 11.5 Å². The lowest BCUT2D eigenvalue weighted by Gasteiger charge is -2.08. The third-order valence-electron chi connectivity index (χ3n) is 2.73. The minimum atomic E-state index is -0.144. The molecule has 5 nitrogen and oxygen atoms in total. The number of hydrogen-bond acceptors (Lipinski definition) is 3. The van der Waals surface area contributed by atoms with E-state index >= 15 is 0 Å². The van der Waals surface area contributed by atoms with E-state index in [-0.39, 0.29) is 11.8 Å². The molecule has 0 radical (unpaired) electrons. The number of nitrogens with one attached hydrogen (secondary N) is 2. The molecule has 0 heterocycles. The average molecular weight is 284 g/mol. The van der Waals surface area contributed by atoms with E-state index in [1.54, 1.807) is 55.6 Å². The van der Waals surface area contributed by atoms with Crippen LogP contribution in [0.1, 0.15) is 17.3 Å². The van der Waals surface area contributed by atoms with Crippen LogP contribution in [-0.4, -0.2) is 18.9 Å². The van der Waals surface area contributed by atoms with Crippen molar-refractivity contribution in [3.8, 4) is 11.5 Å². The molecule has 0 saturated carbocycles. The van der Waals surface area contributed by atoms with Crippen LogP contribution in [0.3, 0.4) is 0 Å². The van der Waals surface area contributed by atoms with E-state index in [4.69, 9.17) is 4.74 Å². The fourth-order valence-electron chi connectivity index (χ4n) is 1.80. The third-order valence-corrected chi connectivity index (χ3v) is 2.73. The summed E-state index contributed by atoms with van der Waals surface area (Å²) < 4.78 is 5.69. The molecule has 0 unspecified atom stereocenters. The summed E-state index contributed by atoms with van der Waals surface area (Å²) in [5.41, 5.74) is 1.24. The largest absolute Gasteiger partial charge is 0.457 e. The molecule has 0 aliphatic heterocycles. The number of ether oxygens (including phenoxy) is 1. The molecule has 2 N–H and O–H groups in total. The van der Waals surface area contributed by atoms with E-state index in [0.29, 0.717) is 22.7 Å². The van der Waals surface area contributed by atoms with Gasteiger partial charge in [-0.15, -0.1) is 0 Å². The van der Waals surface area contributed by atoms with Crippen LogP contribution in [0, 0.1) is 0 Å². The smallest absolute Gasteiger partial charge is 0.251 e. The van der Waals surface area contributed by atoms with Crippen molar-refractivity contribution in [1.82, 2.24) is 5.32 Å². The van der Waals surface area contributed by atoms with Gasteiger partial charge in [0.15, 0.2) is 0 Å². The van der Waals surface area contributed by atoms with Gasteiger partial charge in [-0.1, -0.05) is 6.07 Å². The van der Waals surface area contributed by atoms with Crippen LogP contribution in [0.2, 0.25) is 0 Å².